The van der Waals surface area contributed by atoms with Crippen LogP contribution in [0.25, 0.3) is 0 Å². The molecule has 0 saturated carbocycles. The number of rotatable bonds is 2. The summed E-state index contributed by atoms with van der Waals surface area (Å²) in [5, 5.41) is 12.0. The summed E-state index contributed by atoms with van der Waals surface area (Å²) in [6, 6.07) is 4.94. The number of aliphatic carboxylic acids is 1. The van der Waals surface area contributed by atoms with Crippen LogP contribution in [0, 0.1) is 5.92 Å². The van der Waals surface area contributed by atoms with Gasteiger partial charge in [-0.1, -0.05) is 12.1 Å². The number of alkyl halides is 3. The van der Waals surface area contributed by atoms with Crippen LogP contribution in [0.4, 0.5) is 13.2 Å². The fourth-order valence-electron chi connectivity index (χ4n) is 2.33. The highest BCUT2D eigenvalue weighted by Crippen LogP contribution is 2.32. The lowest BCUT2D eigenvalue weighted by molar-refractivity contribution is -0.142. The first-order chi connectivity index (χ1) is 8.88. The molecule has 1 aromatic carbocycles. The van der Waals surface area contributed by atoms with Gasteiger partial charge in [0.15, 0.2) is 0 Å². The zero-order valence-corrected chi connectivity index (χ0v) is 10.1. The van der Waals surface area contributed by atoms with Crippen LogP contribution in [0.15, 0.2) is 24.3 Å². The molecule has 0 amide bonds. The van der Waals surface area contributed by atoms with Crippen LogP contribution < -0.4 is 5.32 Å². The minimum Gasteiger partial charge on any atom is -0.481 e. The van der Waals surface area contributed by atoms with Crippen LogP contribution in [0.1, 0.15) is 23.5 Å². The molecule has 1 aliphatic rings. The summed E-state index contributed by atoms with van der Waals surface area (Å²) >= 11 is 0. The maximum Gasteiger partial charge on any atom is 0.416 e. The van der Waals surface area contributed by atoms with E-state index in [4.69, 9.17) is 5.11 Å². The Labute approximate surface area is 108 Å². The molecule has 1 fully saturated rings. The molecule has 0 aromatic heterocycles. The molecule has 2 N–H and O–H groups in total. The standard InChI is InChI=1S/C13H14F3NO2/c14-13(15,16)11-3-1-8(2-4-11)9-5-10(12(18)19)7-17-6-9/h1-4,9-10,17H,5-7H2,(H,18,19). The largest absolute Gasteiger partial charge is 0.481 e. The van der Waals surface area contributed by atoms with Gasteiger partial charge in [0, 0.05) is 13.1 Å². The van der Waals surface area contributed by atoms with E-state index in [1.807, 2.05) is 0 Å². The number of carbonyl (C=O) groups is 1. The maximum absolute atomic E-state index is 12.4. The predicted molar refractivity (Wildman–Crippen MR) is 62.8 cm³/mol. The number of carboxylic acid groups (broad SMARTS) is 1. The van der Waals surface area contributed by atoms with Crippen molar-refractivity contribution < 1.29 is 23.1 Å². The quantitative estimate of drug-likeness (QED) is 0.870. The first kappa shape index (κ1) is 13.9. The summed E-state index contributed by atoms with van der Waals surface area (Å²) < 4.78 is 37.3. The van der Waals surface area contributed by atoms with Crippen LogP contribution in [0.3, 0.4) is 0 Å². The second-order valence-corrected chi connectivity index (χ2v) is 4.75. The Bertz CT molecular complexity index is 456. The van der Waals surface area contributed by atoms with E-state index in [-0.39, 0.29) is 5.92 Å². The summed E-state index contributed by atoms with van der Waals surface area (Å²) in [5.74, 6) is -1.41. The zero-order chi connectivity index (χ0) is 14.0. The van der Waals surface area contributed by atoms with E-state index < -0.39 is 23.6 Å². The third-order valence-corrected chi connectivity index (χ3v) is 3.41. The number of piperidine rings is 1. The van der Waals surface area contributed by atoms with Crippen LogP contribution in [0.2, 0.25) is 0 Å². The lowest BCUT2D eigenvalue weighted by Gasteiger charge is -2.28. The number of nitrogens with one attached hydrogen (secondary N) is 1. The van der Waals surface area contributed by atoms with Gasteiger partial charge >= 0.3 is 12.1 Å². The minimum absolute atomic E-state index is 0.0582. The van der Waals surface area contributed by atoms with E-state index in [9.17, 15) is 18.0 Å². The van der Waals surface area contributed by atoms with Crippen molar-refractivity contribution in [2.45, 2.75) is 18.5 Å². The monoisotopic (exact) mass is 273 g/mol. The van der Waals surface area contributed by atoms with Gasteiger partial charge in [0.05, 0.1) is 11.5 Å². The Kier molecular flexibility index (Phi) is 3.80. The molecule has 19 heavy (non-hydrogen) atoms. The average molecular weight is 273 g/mol. The van der Waals surface area contributed by atoms with Gasteiger partial charge in [-0.2, -0.15) is 13.2 Å². The SMILES string of the molecule is O=C(O)C1CNCC(c2ccc(C(F)(F)F)cc2)C1. The lowest BCUT2D eigenvalue weighted by atomic mass is 9.85. The van der Waals surface area contributed by atoms with E-state index in [1.54, 1.807) is 0 Å². The van der Waals surface area contributed by atoms with Crippen molar-refractivity contribution in [2.75, 3.05) is 13.1 Å². The Morgan fingerprint density at radius 2 is 1.84 bits per heavy atom. The van der Waals surface area contributed by atoms with Gasteiger partial charge in [-0.25, -0.2) is 0 Å². The van der Waals surface area contributed by atoms with Crippen LogP contribution in [-0.2, 0) is 11.0 Å². The van der Waals surface area contributed by atoms with Crippen LogP contribution in [0.5, 0.6) is 0 Å². The van der Waals surface area contributed by atoms with Gasteiger partial charge in [-0.05, 0) is 30.0 Å². The fraction of sp³-hybridized carbons (Fsp3) is 0.462. The van der Waals surface area contributed by atoms with Gasteiger partial charge in [0.1, 0.15) is 0 Å². The Balaban J connectivity index is 2.12. The second-order valence-electron chi connectivity index (χ2n) is 4.75. The molecule has 6 heteroatoms. The Morgan fingerprint density at radius 3 is 2.37 bits per heavy atom. The van der Waals surface area contributed by atoms with E-state index in [1.165, 1.54) is 12.1 Å². The second kappa shape index (κ2) is 5.21. The normalized spacial score (nSPS) is 24.2. The molecule has 0 aliphatic carbocycles. The molecule has 2 rings (SSSR count). The molecular formula is C13H14F3NO2. The van der Waals surface area contributed by atoms with Crippen LogP contribution in [-0.4, -0.2) is 24.2 Å². The van der Waals surface area contributed by atoms with Gasteiger partial charge in [0.2, 0.25) is 0 Å². The molecule has 1 heterocycles. The first-order valence-corrected chi connectivity index (χ1v) is 5.98. The van der Waals surface area contributed by atoms with E-state index in [0.717, 1.165) is 17.7 Å². The van der Waals surface area contributed by atoms with Crippen molar-refractivity contribution >= 4 is 5.97 Å². The van der Waals surface area contributed by atoms with Crippen molar-refractivity contribution in [1.29, 1.82) is 0 Å². The highest BCUT2D eigenvalue weighted by Gasteiger charge is 2.31. The third-order valence-electron chi connectivity index (χ3n) is 3.41. The van der Waals surface area contributed by atoms with Gasteiger partial charge < -0.3 is 10.4 Å². The molecule has 104 valence electrons. The number of hydrogen-bond acceptors (Lipinski definition) is 2. The fourth-order valence-corrected chi connectivity index (χ4v) is 2.33. The third kappa shape index (κ3) is 3.26. The van der Waals surface area contributed by atoms with E-state index >= 15 is 0 Å². The van der Waals surface area contributed by atoms with Crippen molar-refractivity contribution in [2.24, 2.45) is 5.92 Å². The van der Waals surface area contributed by atoms with Gasteiger partial charge in [0.25, 0.3) is 0 Å². The maximum atomic E-state index is 12.4. The van der Waals surface area contributed by atoms with E-state index in [0.29, 0.717) is 19.5 Å². The average Bonchev–Trinajstić information content (AvgIpc) is 2.38. The van der Waals surface area contributed by atoms with Crippen LogP contribution >= 0.6 is 0 Å². The lowest BCUT2D eigenvalue weighted by Crippen LogP contribution is -2.38. The molecule has 1 saturated heterocycles. The first-order valence-electron chi connectivity index (χ1n) is 5.98. The number of hydrogen-bond donors (Lipinski definition) is 2. The molecule has 1 aliphatic heterocycles. The Morgan fingerprint density at radius 1 is 1.21 bits per heavy atom. The summed E-state index contributed by atoms with van der Waals surface area (Å²) in [7, 11) is 0. The zero-order valence-electron chi connectivity index (χ0n) is 10.1. The molecule has 1 aromatic rings. The summed E-state index contributed by atoms with van der Waals surface area (Å²) in [6.45, 7) is 1.00. The highest BCUT2D eigenvalue weighted by atomic mass is 19.4. The minimum atomic E-state index is -4.34. The summed E-state index contributed by atoms with van der Waals surface area (Å²) in [6.07, 6.45) is -3.89. The van der Waals surface area contributed by atoms with Crippen molar-refractivity contribution in [3.05, 3.63) is 35.4 Å². The molecule has 0 radical (unpaired) electrons. The van der Waals surface area contributed by atoms with Crippen molar-refractivity contribution in [3.63, 3.8) is 0 Å². The summed E-state index contributed by atoms with van der Waals surface area (Å²) in [4.78, 5) is 10.9. The van der Waals surface area contributed by atoms with Crippen molar-refractivity contribution in [1.82, 2.24) is 5.32 Å². The molecule has 2 unspecified atom stereocenters. The van der Waals surface area contributed by atoms with Gasteiger partial charge in [-0.3, -0.25) is 4.79 Å². The number of halogens is 3. The molecule has 2 atom stereocenters. The predicted octanol–water partition coefficient (Wildman–Crippen LogP) is 2.48. The molecule has 0 spiro atoms. The smallest absolute Gasteiger partial charge is 0.416 e. The number of benzene rings is 1. The van der Waals surface area contributed by atoms with Crippen molar-refractivity contribution in [3.8, 4) is 0 Å². The molecule has 3 nitrogen and oxygen atoms in total. The summed E-state index contributed by atoms with van der Waals surface area (Å²) in [5.41, 5.74) is 0.0567. The van der Waals surface area contributed by atoms with Gasteiger partial charge in [-0.15, -0.1) is 0 Å². The highest BCUT2D eigenvalue weighted by molar-refractivity contribution is 5.70. The molecule has 0 bridgehead atoms. The molecular weight excluding hydrogens is 259 g/mol. The van der Waals surface area contributed by atoms with E-state index in [2.05, 4.69) is 5.32 Å². The topological polar surface area (TPSA) is 49.3 Å². The Hall–Kier alpha value is -1.56. The number of carboxylic acids is 1.